The first kappa shape index (κ1) is 14.7. The molecule has 0 bridgehead atoms. The molecule has 1 aromatic carbocycles. The van der Waals surface area contributed by atoms with Crippen molar-refractivity contribution in [3.05, 3.63) is 40.5 Å². The maximum absolute atomic E-state index is 12.0. The zero-order valence-corrected chi connectivity index (χ0v) is 12.0. The highest BCUT2D eigenvalue weighted by Gasteiger charge is 2.15. The summed E-state index contributed by atoms with van der Waals surface area (Å²) in [5, 5.41) is 18.2. The summed E-state index contributed by atoms with van der Waals surface area (Å²) in [6, 6.07) is 3.14. The normalized spacial score (nSPS) is 10.4. The lowest BCUT2D eigenvalue weighted by Crippen LogP contribution is -2.15. The summed E-state index contributed by atoms with van der Waals surface area (Å²) in [5.74, 6) is -0.864. The number of amides is 1. The summed E-state index contributed by atoms with van der Waals surface area (Å²) >= 11 is 0. The number of H-pyrrole nitrogens is 1. The minimum Gasteiger partial charge on any atom is -0.478 e. The van der Waals surface area contributed by atoms with Crippen LogP contribution in [0.4, 0.5) is 5.69 Å². The lowest BCUT2D eigenvalue weighted by atomic mass is 10.0. The summed E-state index contributed by atoms with van der Waals surface area (Å²) < 4.78 is 0. The second kappa shape index (κ2) is 5.74. The summed E-state index contributed by atoms with van der Waals surface area (Å²) in [7, 11) is 0. The van der Waals surface area contributed by atoms with Crippen molar-refractivity contribution in [1.29, 1.82) is 0 Å². The molecule has 0 aliphatic carbocycles. The van der Waals surface area contributed by atoms with Gasteiger partial charge >= 0.3 is 5.97 Å². The van der Waals surface area contributed by atoms with E-state index >= 15 is 0 Å². The molecule has 1 heterocycles. The molecule has 0 spiro atoms. The van der Waals surface area contributed by atoms with E-state index in [2.05, 4.69) is 20.5 Å². The molecular formula is C14H16N4O3. The van der Waals surface area contributed by atoms with Gasteiger partial charge in [-0.1, -0.05) is 6.92 Å². The van der Waals surface area contributed by atoms with Crippen LogP contribution in [0.3, 0.4) is 0 Å². The van der Waals surface area contributed by atoms with Gasteiger partial charge < -0.3 is 10.4 Å². The van der Waals surface area contributed by atoms with E-state index in [1.807, 2.05) is 6.92 Å². The van der Waals surface area contributed by atoms with Gasteiger partial charge in [0, 0.05) is 12.1 Å². The number of carbonyl (C=O) groups excluding carboxylic acids is 1. The lowest BCUT2D eigenvalue weighted by molar-refractivity contribution is 0.0695. The molecule has 0 saturated heterocycles. The van der Waals surface area contributed by atoms with Crippen molar-refractivity contribution in [3.63, 3.8) is 0 Å². The van der Waals surface area contributed by atoms with Gasteiger partial charge in [-0.15, -0.1) is 5.10 Å². The van der Waals surface area contributed by atoms with E-state index in [1.165, 1.54) is 6.07 Å². The molecule has 0 fully saturated rings. The minimum absolute atomic E-state index is 0.0296. The number of carbonyl (C=O) groups is 2. The number of nitrogens with zero attached hydrogens (tertiary/aromatic N) is 2. The molecule has 0 aliphatic rings. The first-order chi connectivity index (χ1) is 9.92. The van der Waals surface area contributed by atoms with Gasteiger partial charge in [0.25, 0.3) is 5.91 Å². The van der Waals surface area contributed by atoms with Gasteiger partial charge in [0.15, 0.2) is 0 Å². The van der Waals surface area contributed by atoms with E-state index in [-0.39, 0.29) is 11.4 Å². The quantitative estimate of drug-likeness (QED) is 0.796. The molecule has 0 unspecified atom stereocenters. The number of carboxylic acids is 1. The highest BCUT2D eigenvalue weighted by molar-refractivity contribution is 6.02. The lowest BCUT2D eigenvalue weighted by Gasteiger charge is -2.09. The molecule has 7 nitrogen and oxygen atoms in total. The Balaban J connectivity index is 2.27. The topological polar surface area (TPSA) is 108 Å². The maximum Gasteiger partial charge on any atom is 0.336 e. The molecular weight excluding hydrogens is 272 g/mol. The van der Waals surface area contributed by atoms with Crippen molar-refractivity contribution in [2.45, 2.75) is 27.2 Å². The third-order valence-corrected chi connectivity index (χ3v) is 3.23. The molecule has 1 aromatic heterocycles. The summed E-state index contributed by atoms with van der Waals surface area (Å²) in [6.07, 6.45) is 0.646. The molecule has 1 amide bonds. The number of benzene rings is 1. The van der Waals surface area contributed by atoms with Gasteiger partial charge in [-0.05, 0) is 37.1 Å². The van der Waals surface area contributed by atoms with Crippen LogP contribution in [-0.2, 0) is 6.42 Å². The van der Waals surface area contributed by atoms with Gasteiger partial charge in [0.2, 0.25) is 5.82 Å². The zero-order valence-electron chi connectivity index (χ0n) is 12.0. The Bertz CT molecular complexity index is 706. The van der Waals surface area contributed by atoms with Gasteiger partial charge in [0.1, 0.15) is 5.82 Å². The SMILES string of the molecule is CCc1nc(C(=O)Nc2cc(C)c(C)c(C(=O)O)c2)n[nH]1. The molecule has 2 rings (SSSR count). The van der Waals surface area contributed by atoms with Crippen LogP contribution >= 0.6 is 0 Å². The van der Waals surface area contributed by atoms with Crippen LogP contribution in [0.2, 0.25) is 0 Å². The predicted octanol–water partition coefficient (Wildman–Crippen LogP) is 1.93. The van der Waals surface area contributed by atoms with Crippen LogP contribution < -0.4 is 5.32 Å². The predicted molar refractivity (Wildman–Crippen MR) is 76.6 cm³/mol. The largest absolute Gasteiger partial charge is 0.478 e. The van der Waals surface area contributed by atoms with Gasteiger partial charge in [-0.25, -0.2) is 9.78 Å². The fourth-order valence-corrected chi connectivity index (χ4v) is 1.90. The smallest absolute Gasteiger partial charge is 0.336 e. The van der Waals surface area contributed by atoms with Crippen molar-refractivity contribution in [3.8, 4) is 0 Å². The summed E-state index contributed by atoms with van der Waals surface area (Å²) in [5.41, 5.74) is 2.03. The Morgan fingerprint density at radius 2 is 2.05 bits per heavy atom. The highest BCUT2D eigenvalue weighted by atomic mass is 16.4. The third kappa shape index (κ3) is 3.07. The van der Waals surface area contributed by atoms with E-state index < -0.39 is 11.9 Å². The Hall–Kier alpha value is -2.70. The van der Waals surface area contributed by atoms with Crippen molar-refractivity contribution in [2.24, 2.45) is 0 Å². The average Bonchev–Trinajstić information content (AvgIpc) is 2.91. The molecule has 21 heavy (non-hydrogen) atoms. The number of aromatic amines is 1. The second-order valence-corrected chi connectivity index (χ2v) is 4.68. The van der Waals surface area contributed by atoms with Crippen molar-refractivity contribution in [1.82, 2.24) is 15.2 Å². The standard InChI is InChI=1S/C14H16N4O3/c1-4-11-16-12(18-17-11)13(19)15-9-5-7(2)8(3)10(6-9)14(20)21/h5-6H,4H2,1-3H3,(H,15,19)(H,20,21)(H,16,17,18). The zero-order chi connectivity index (χ0) is 15.6. The number of hydrogen-bond acceptors (Lipinski definition) is 4. The first-order valence-electron chi connectivity index (χ1n) is 6.49. The number of aryl methyl sites for hydroxylation is 2. The molecule has 2 aromatic rings. The number of carboxylic acid groups (broad SMARTS) is 1. The molecule has 0 atom stereocenters. The molecule has 110 valence electrons. The fraction of sp³-hybridized carbons (Fsp3) is 0.286. The Morgan fingerprint density at radius 1 is 1.33 bits per heavy atom. The first-order valence-corrected chi connectivity index (χ1v) is 6.49. The van der Waals surface area contributed by atoms with E-state index in [9.17, 15) is 9.59 Å². The number of hydrogen-bond donors (Lipinski definition) is 3. The van der Waals surface area contributed by atoms with Crippen molar-refractivity contribution in [2.75, 3.05) is 5.32 Å². The summed E-state index contributed by atoms with van der Waals surface area (Å²) in [4.78, 5) is 27.2. The Morgan fingerprint density at radius 3 is 2.62 bits per heavy atom. The van der Waals surface area contributed by atoms with Crippen molar-refractivity contribution >= 4 is 17.6 Å². The number of nitrogens with one attached hydrogen (secondary N) is 2. The van der Waals surface area contributed by atoms with E-state index in [0.717, 1.165) is 5.56 Å². The van der Waals surface area contributed by atoms with E-state index in [0.29, 0.717) is 23.5 Å². The Kier molecular flexibility index (Phi) is 4.02. The van der Waals surface area contributed by atoms with Crippen LogP contribution in [0.15, 0.2) is 12.1 Å². The van der Waals surface area contributed by atoms with Crippen LogP contribution in [-0.4, -0.2) is 32.2 Å². The molecule has 0 aliphatic heterocycles. The monoisotopic (exact) mass is 288 g/mol. The second-order valence-electron chi connectivity index (χ2n) is 4.68. The summed E-state index contributed by atoms with van der Waals surface area (Å²) in [6.45, 7) is 5.41. The van der Waals surface area contributed by atoms with Gasteiger partial charge in [0.05, 0.1) is 5.56 Å². The van der Waals surface area contributed by atoms with Crippen LogP contribution in [0, 0.1) is 13.8 Å². The number of aromatic nitrogens is 3. The van der Waals surface area contributed by atoms with E-state index in [4.69, 9.17) is 5.11 Å². The molecule has 3 N–H and O–H groups in total. The molecule has 0 radical (unpaired) electrons. The highest BCUT2D eigenvalue weighted by Crippen LogP contribution is 2.20. The van der Waals surface area contributed by atoms with Crippen LogP contribution in [0.5, 0.6) is 0 Å². The van der Waals surface area contributed by atoms with Gasteiger partial charge in [-0.2, -0.15) is 0 Å². The number of anilines is 1. The molecule has 0 saturated carbocycles. The van der Waals surface area contributed by atoms with E-state index in [1.54, 1.807) is 19.9 Å². The van der Waals surface area contributed by atoms with Crippen LogP contribution in [0.1, 0.15) is 44.9 Å². The number of aromatic carboxylic acids is 1. The minimum atomic E-state index is -1.03. The van der Waals surface area contributed by atoms with Gasteiger partial charge in [-0.3, -0.25) is 9.89 Å². The molecule has 7 heteroatoms. The Labute approximate surface area is 121 Å². The number of rotatable bonds is 4. The third-order valence-electron chi connectivity index (χ3n) is 3.23. The van der Waals surface area contributed by atoms with Crippen molar-refractivity contribution < 1.29 is 14.7 Å². The van der Waals surface area contributed by atoms with Crippen LogP contribution in [0.25, 0.3) is 0 Å². The fourth-order valence-electron chi connectivity index (χ4n) is 1.90. The average molecular weight is 288 g/mol. The maximum atomic E-state index is 12.0.